The van der Waals surface area contributed by atoms with E-state index in [1.165, 1.54) is 36.3 Å². The van der Waals surface area contributed by atoms with Crippen molar-refractivity contribution in [1.29, 1.82) is 0 Å². The molecule has 0 radical (unpaired) electrons. The van der Waals surface area contributed by atoms with Crippen molar-refractivity contribution in [2.24, 2.45) is 0 Å². The molecule has 7 heteroatoms. The summed E-state index contributed by atoms with van der Waals surface area (Å²) >= 11 is 0. The van der Waals surface area contributed by atoms with Crippen molar-refractivity contribution in [3.63, 3.8) is 0 Å². The second kappa shape index (κ2) is 5.77. The number of carbonyl (C=O) groups is 1. The molecule has 1 aromatic heterocycles. The van der Waals surface area contributed by atoms with E-state index in [4.69, 9.17) is 0 Å². The van der Waals surface area contributed by atoms with E-state index in [1.54, 1.807) is 0 Å². The molecule has 106 valence electrons. The number of hydrogen-bond donors (Lipinski definition) is 0. The Balaban J connectivity index is 2.14. The van der Waals surface area contributed by atoms with Crippen LogP contribution in [0.3, 0.4) is 0 Å². The van der Waals surface area contributed by atoms with Crippen LogP contribution in [0.15, 0.2) is 36.7 Å². The molecule has 0 N–H and O–H groups in total. The van der Waals surface area contributed by atoms with Crippen LogP contribution in [0, 0.1) is 5.82 Å². The van der Waals surface area contributed by atoms with Crippen molar-refractivity contribution >= 4 is 5.91 Å². The number of amides is 1. The zero-order valence-corrected chi connectivity index (χ0v) is 10.6. The lowest BCUT2D eigenvalue weighted by molar-refractivity contribution is 0.0612. The number of hydrogen-bond acceptors (Lipinski definition) is 2. The van der Waals surface area contributed by atoms with Gasteiger partial charge in [0.05, 0.1) is 6.54 Å². The first-order valence-electron chi connectivity index (χ1n) is 5.80. The van der Waals surface area contributed by atoms with Gasteiger partial charge in [-0.05, 0) is 18.2 Å². The lowest BCUT2D eigenvalue weighted by Gasteiger charge is -2.17. The Bertz CT molecular complexity index is 612. The molecule has 0 aliphatic rings. The number of rotatable bonds is 4. The Morgan fingerprint density at radius 1 is 1.45 bits per heavy atom. The van der Waals surface area contributed by atoms with E-state index in [0.29, 0.717) is 4.57 Å². The van der Waals surface area contributed by atoms with Crippen molar-refractivity contribution in [2.45, 2.75) is 13.1 Å². The Morgan fingerprint density at radius 3 is 2.85 bits per heavy atom. The summed E-state index contributed by atoms with van der Waals surface area (Å²) in [5.41, 5.74) is 0.155. The molecule has 0 spiro atoms. The fourth-order valence-corrected chi connectivity index (χ4v) is 1.77. The Labute approximate surface area is 113 Å². The minimum absolute atomic E-state index is 0.0623. The Kier molecular flexibility index (Phi) is 4.07. The number of halogens is 3. The molecule has 0 atom stereocenters. The van der Waals surface area contributed by atoms with Crippen LogP contribution >= 0.6 is 0 Å². The maximum atomic E-state index is 13.1. The molecular formula is C13H12F3N3O. The minimum atomic E-state index is -2.72. The van der Waals surface area contributed by atoms with Crippen LogP contribution in [0.4, 0.5) is 13.2 Å². The van der Waals surface area contributed by atoms with E-state index < -0.39 is 18.3 Å². The van der Waals surface area contributed by atoms with Gasteiger partial charge in [0.1, 0.15) is 11.6 Å². The van der Waals surface area contributed by atoms with Gasteiger partial charge in [0, 0.05) is 25.0 Å². The number of carbonyl (C=O) groups excluding carboxylic acids is 1. The van der Waals surface area contributed by atoms with Gasteiger partial charge >= 0.3 is 6.55 Å². The number of alkyl halides is 2. The molecule has 0 bridgehead atoms. The maximum Gasteiger partial charge on any atom is 0.319 e. The Hall–Kier alpha value is -2.31. The molecule has 20 heavy (non-hydrogen) atoms. The van der Waals surface area contributed by atoms with Crippen molar-refractivity contribution in [2.75, 3.05) is 7.05 Å². The maximum absolute atomic E-state index is 13.1. The second-order valence-corrected chi connectivity index (χ2v) is 4.20. The van der Waals surface area contributed by atoms with E-state index in [0.717, 1.165) is 12.3 Å². The summed E-state index contributed by atoms with van der Waals surface area (Å²) in [5.74, 6) is -0.932. The zero-order chi connectivity index (χ0) is 14.7. The Morgan fingerprint density at radius 2 is 2.20 bits per heavy atom. The fourth-order valence-electron chi connectivity index (χ4n) is 1.77. The third kappa shape index (κ3) is 2.98. The summed E-state index contributed by atoms with van der Waals surface area (Å²) in [4.78, 5) is 17.0. The summed E-state index contributed by atoms with van der Waals surface area (Å²) in [6.45, 7) is -2.81. The molecule has 0 unspecified atom stereocenters. The fraction of sp³-hybridized carbons (Fsp3) is 0.231. The van der Waals surface area contributed by atoms with Gasteiger partial charge in [-0.1, -0.05) is 6.07 Å². The van der Waals surface area contributed by atoms with Crippen molar-refractivity contribution in [3.05, 3.63) is 53.9 Å². The zero-order valence-electron chi connectivity index (χ0n) is 10.6. The van der Waals surface area contributed by atoms with Gasteiger partial charge < -0.3 is 4.90 Å². The smallest absolute Gasteiger partial charge is 0.319 e. The lowest BCUT2D eigenvalue weighted by Crippen LogP contribution is -2.27. The van der Waals surface area contributed by atoms with Crippen molar-refractivity contribution in [3.8, 4) is 0 Å². The van der Waals surface area contributed by atoms with Crippen LogP contribution in [-0.4, -0.2) is 27.4 Å². The molecule has 0 saturated heterocycles. The van der Waals surface area contributed by atoms with Gasteiger partial charge in [0.15, 0.2) is 0 Å². The molecule has 1 amide bonds. The van der Waals surface area contributed by atoms with Gasteiger partial charge in [0.25, 0.3) is 5.91 Å². The topological polar surface area (TPSA) is 38.1 Å². The van der Waals surface area contributed by atoms with Gasteiger partial charge in [-0.15, -0.1) is 0 Å². The summed E-state index contributed by atoms with van der Waals surface area (Å²) in [6, 6.07) is 5.19. The largest absolute Gasteiger partial charge is 0.334 e. The molecule has 1 heterocycles. The van der Waals surface area contributed by atoms with Crippen LogP contribution in [0.5, 0.6) is 0 Å². The van der Waals surface area contributed by atoms with E-state index in [1.807, 2.05) is 0 Å². The number of nitrogens with zero attached hydrogens (tertiary/aromatic N) is 3. The summed E-state index contributed by atoms with van der Waals surface area (Å²) in [7, 11) is 1.44. The van der Waals surface area contributed by atoms with Gasteiger partial charge in [0.2, 0.25) is 0 Å². The van der Waals surface area contributed by atoms with Crippen LogP contribution in [0.1, 0.15) is 22.7 Å². The van der Waals surface area contributed by atoms with Crippen LogP contribution in [0.25, 0.3) is 0 Å². The quantitative estimate of drug-likeness (QED) is 0.865. The SMILES string of the molecule is CN(Cc1nccn1C(F)F)C(=O)c1cccc(F)c1. The number of benzene rings is 1. The molecular weight excluding hydrogens is 271 g/mol. The average Bonchev–Trinajstić information content (AvgIpc) is 2.86. The van der Waals surface area contributed by atoms with Crippen LogP contribution in [-0.2, 0) is 6.54 Å². The highest BCUT2D eigenvalue weighted by molar-refractivity contribution is 5.93. The van der Waals surface area contributed by atoms with Crippen molar-refractivity contribution < 1.29 is 18.0 Å². The lowest BCUT2D eigenvalue weighted by atomic mass is 10.2. The normalized spacial score (nSPS) is 10.8. The standard InChI is InChI=1S/C13H12F3N3O/c1-18(8-11-17-5-6-19(11)13(15)16)12(20)9-3-2-4-10(14)7-9/h2-7,13H,8H2,1H3. The number of aromatic nitrogens is 2. The first-order valence-corrected chi connectivity index (χ1v) is 5.80. The van der Waals surface area contributed by atoms with Gasteiger partial charge in [-0.25, -0.2) is 9.37 Å². The minimum Gasteiger partial charge on any atom is -0.334 e. The predicted octanol–water partition coefficient (Wildman–Crippen LogP) is 2.69. The highest BCUT2D eigenvalue weighted by atomic mass is 19.3. The van der Waals surface area contributed by atoms with Crippen LogP contribution in [0.2, 0.25) is 0 Å². The molecule has 4 nitrogen and oxygen atoms in total. The second-order valence-electron chi connectivity index (χ2n) is 4.20. The highest BCUT2D eigenvalue weighted by Gasteiger charge is 2.17. The van der Waals surface area contributed by atoms with E-state index in [-0.39, 0.29) is 17.9 Å². The average molecular weight is 283 g/mol. The van der Waals surface area contributed by atoms with E-state index >= 15 is 0 Å². The molecule has 2 rings (SSSR count). The molecule has 0 aliphatic carbocycles. The molecule has 0 saturated carbocycles. The summed E-state index contributed by atoms with van der Waals surface area (Å²) < 4.78 is 39.0. The van der Waals surface area contributed by atoms with E-state index in [9.17, 15) is 18.0 Å². The molecule has 1 aromatic carbocycles. The first kappa shape index (κ1) is 14.1. The predicted molar refractivity (Wildman–Crippen MR) is 65.7 cm³/mol. The van der Waals surface area contributed by atoms with E-state index in [2.05, 4.69) is 4.98 Å². The van der Waals surface area contributed by atoms with Gasteiger partial charge in [-0.2, -0.15) is 8.78 Å². The highest BCUT2D eigenvalue weighted by Crippen LogP contribution is 2.14. The molecule has 0 fully saturated rings. The van der Waals surface area contributed by atoms with Crippen LogP contribution < -0.4 is 0 Å². The third-order valence-electron chi connectivity index (χ3n) is 2.76. The summed E-state index contributed by atoms with van der Waals surface area (Å²) in [6.07, 6.45) is 2.38. The first-order chi connectivity index (χ1) is 9.49. The third-order valence-corrected chi connectivity index (χ3v) is 2.76. The monoisotopic (exact) mass is 283 g/mol. The number of imidazole rings is 1. The molecule has 0 aliphatic heterocycles. The molecule has 2 aromatic rings. The summed E-state index contributed by atoms with van der Waals surface area (Å²) in [5, 5.41) is 0. The van der Waals surface area contributed by atoms with Crippen molar-refractivity contribution in [1.82, 2.24) is 14.5 Å². The van der Waals surface area contributed by atoms with Gasteiger partial charge in [-0.3, -0.25) is 9.36 Å².